The zero-order chi connectivity index (χ0) is 15.7. The lowest BCUT2D eigenvalue weighted by molar-refractivity contribution is 0.628. The number of hydrogen-bond acceptors (Lipinski definition) is 4. The number of anilines is 1. The number of benzene rings is 1. The Kier molecular flexibility index (Phi) is 3.90. The second-order valence-corrected chi connectivity index (χ2v) is 6.21. The van der Waals surface area contributed by atoms with Crippen molar-refractivity contribution >= 4 is 27.4 Å². The molecule has 0 unspecified atom stereocenters. The number of aromatic nitrogens is 2. The third-order valence-electron chi connectivity index (χ3n) is 3.39. The Morgan fingerprint density at radius 3 is 2.64 bits per heavy atom. The van der Waals surface area contributed by atoms with Gasteiger partial charge in [-0.2, -0.15) is 0 Å². The van der Waals surface area contributed by atoms with Gasteiger partial charge in [0.15, 0.2) is 0 Å². The Morgan fingerprint density at radius 1 is 1.23 bits per heavy atom. The molecule has 1 aromatic carbocycles. The molecule has 0 spiro atoms. The van der Waals surface area contributed by atoms with Crippen LogP contribution in [0.25, 0.3) is 21.3 Å². The second-order valence-electron chi connectivity index (χ2n) is 5.01. The summed E-state index contributed by atoms with van der Waals surface area (Å²) in [6.45, 7) is 8.29. The highest BCUT2D eigenvalue weighted by Crippen LogP contribution is 2.40. The van der Waals surface area contributed by atoms with Crippen molar-refractivity contribution in [3.05, 3.63) is 53.4 Å². The highest BCUT2D eigenvalue weighted by Gasteiger charge is 2.17. The van der Waals surface area contributed by atoms with Crippen molar-refractivity contribution in [1.82, 2.24) is 9.97 Å². The summed E-state index contributed by atoms with van der Waals surface area (Å²) in [5.74, 6) is 1.29. The number of aryl methyl sites for hydroxylation is 2. The predicted molar refractivity (Wildman–Crippen MR) is 91.0 cm³/mol. The maximum absolute atomic E-state index is 13.2. The van der Waals surface area contributed by atoms with Crippen LogP contribution in [0.2, 0.25) is 0 Å². The maximum Gasteiger partial charge on any atom is 0.139 e. The summed E-state index contributed by atoms with van der Waals surface area (Å²) >= 11 is 1.63. The average molecular weight is 313 g/mol. The molecule has 3 nitrogen and oxygen atoms in total. The van der Waals surface area contributed by atoms with E-state index in [0.29, 0.717) is 6.54 Å². The van der Waals surface area contributed by atoms with E-state index in [0.717, 1.165) is 37.9 Å². The van der Waals surface area contributed by atoms with E-state index < -0.39 is 0 Å². The molecule has 0 saturated heterocycles. The first-order chi connectivity index (χ1) is 10.6. The zero-order valence-corrected chi connectivity index (χ0v) is 13.3. The van der Waals surface area contributed by atoms with Crippen molar-refractivity contribution in [1.29, 1.82) is 0 Å². The van der Waals surface area contributed by atoms with Crippen LogP contribution in [-0.2, 0) is 0 Å². The van der Waals surface area contributed by atoms with Crippen LogP contribution < -0.4 is 5.32 Å². The van der Waals surface area contributed by atoms with Crippen molar-refractivity contribution in [2.75, 3.05) is 11.9 Å². The highest BCUT2D eigenvalue weighted by atomic mass is 32.1. The summed E-state index contributed by atoms with van der Waals surface area (Å²) in [5.41, 5.74) is 2.03. The van der Waals surface area contributed by atoms with Gasteiger partial charge in [-0.05, 0) is 31.5 Å². The van der Waals surface area contributed by atoms with Crippen LogP contribution in [-0.4, -0.2) is 16.5 Å². The summed E-state index contributed by atoms with van der Waals surface area (Å²) in [5, 5.41) is 4.26. The fraction of sp³-hybridized carbons (Fsp3) is 0.176. The number of fused-ring (bicyclic) bond motifs is 1. The third-order valence-corrected chi connectivity index (χ3v) is 4.39. The molecule has 0 bridgehead atoms. The van der Waals surface area contributed by atoms with E-state index in [-0.39, 0.29) is 5.82 Å². The number of hydrogen-bond donors (Lipinski definition) is 1. The molecule has 3 aromatic rings. The van der Waals surface area contributed by atoms with E-state index in [9.17, 15) is 4.39 Å². The lowest BCUT2D eigenvalue weighted by Crippen LogP contribution is -2.03. The molecule has 22 heavy (non-hydrogen) atoms. The molecule has 2 heterocycles. The molecule has 0 saturated carbocycles. The Labute approximate surface area is 132 Å². The van der Waals surface area contributed by atoms with Gasteiger partial charge < -0.3 is 5.32 Å². The molecule has 0 atom stereocenters. The maximum atomic E-state index is 13.2. The summed E-state index contributed by atoms with van der Waals surface area (Å²) in [7, 11) is 0. The Hall–Kier alpha value is -2.27. The van der Waals surface area contributed by atoms with Gasteiger partial charge in [-0.25, -0.2) is 14.4 Å². The molecule has 0 aliphatic heterocycles. The van der Waals surface area contributed by atoms with E-state index >= 15 is 0 Å². The fourth-order valence-corrected chi connectivity index (χ4v) is 3.57. The molecule has 0 aliphatic rings. The van der Waals surface area contributed by atoms with Crippen LogP contribution >= 0.6 is 11.3 Å². The van der Waals surface area contributed by atoms with Crippen LogP contribution in [0.4, 0.5) is 10.2 Å². The van der Waals surface area contributed by atoms with Gasteiger partial charge in [0.1, 0.15) is 22.3 Å². The van der Waals surface area contributed by atoms with Gasteiger partial charge in [-0.3, -0.25) is 0 Å². The minimum Gasteiger partial charge on any atom is -0.366 e. The molecular weight excluding hydrogens is 297 g/mol. The highest BCUT2D eigenvalue weighted by molar-refractivity contribution is 7.19. The van der Waals surface area contributed by atoms with Gasteiger partial charge in [0.2, 0.25) is 0 Å². The van der Waals surface area contributed by atoms with Crippen molar-refractivity contribution in [2.24, 2.45) is 0 Å². The molecule has 112 valence electrons. The molecule has 1 N–H and O–H groups in total. The second kappa shape index (κ2) is 5.85. The lowest BCUT2D eigenvalue weighted by atomic mass is 10.0. The molecule has 0 radical (unpaired) electrons. The molecule has 0 aliphatic carbocycles. The topological polar surface area (TPSA) is 37.8 Å². The largest absolute Gasteiger partial charge is 0.366 e. The standard InChI is InChI=1S/C17H16FN3S/c1-4-9-19-16-15-14(12-5-7-13(18)8-6-12)10(2)22-17(15)21-11(3)20-16/h4-8H,1,9H2,2-3H3,(H,19,20,21). The van der Waals surface area contributed by atoms with Crippen LogP contribution in [0.15, 0.2) is 36.9 Å². The van der Waals surface area contributed by atoms with Gasteiger partial charge in [0.25, 0.3) is 0 Å². The number of nitrogens with zero attached hydrogens (tertiary/aromatic N) is 2. The summed E-state index contributed by atoms with van der Waals surface area (Å²) < 4.78 is 13.2. The summed E-state index contributed by atoms with van der Waals surface area (Å²) in [6.07, 6.45) is 1.79. The van der Waals surface area contributed by atoms with Crippen molar-refractivity contribution in [2.45, 2.75) is 13.8 Å². The van der Waals surface area contributed by atoms with Gasteiger partial charge in [0, 0.05) is 17.0 Å². The number of thiophene rings is 1. The minimum atomic E-state index is -0.238. The van der Waals surface area contributed by atoms with Gasteiger partial charge in [-0.1, -0.05) is 18.2 Å². The molecule has 0 amide bonds. The quantitative estimate of drug-likeness (QED) is 0.709. The Morgan fingerprint density at radius 2 is 1.95 bits per heavy atom. The van der Waals surface area contributed by atoms with Crippen LogP contribution in [0.5, 0.6) is 0 Å². The molecule has 5 heteroatoms. The number of rotatable bonds is 4. The van der Waals surface area contributed by atoms with Crippen LogP contribution in [0, 0.1) is 19.7 Å². The van der Waals surface area contributed by atoms with Crippen molar-refractivity contribution in [3.63, 3.8) is 0 Å². The first-order valence-corrected chi connectivity index (χ1v) is 7.80. The van der Waals surface area contributed by atoms with Crippen molar-refractivity contribution < 1.29 is 4.39 Å². The minimum absolute atomic E-state index is 0.238. The van der Waals surface area contributed by atoms with Gasteiger partial charge in [-0.15, -0.1) is 17.9 Å². The third kappa shape index (κ3) is 2.60. The smallest absolute Gasteiger partial charge is 0.139 e. The summed E-state index contributed by atoms with van der Waals surface area (Å²) in [4.78, 5) is 11.1. The van der Waals surface area contributed by atoms with E-state index in [1.165, 1.54) is 12.1 Å². The predicted octanol–water partition coefficient (Wildman–Crippen LogP) is 4.71. The van der Waals surface area contributed by atoms with Crippen LogP contribution in [0.3, 0.4) is 0 Å². The fourth-order valence-electron chi connectivity index (χ4n) is 2.48. The van der Waals surface area contributed by atoms with Crippen molar-refractivity contribution in [3.8, 4) is 11.1 Å². The van der Waals surface area contributed by atoms with Gasteiger partial charge in [0.05, 0.1) is 5.39 Å². The number of halogens is 1. The van der Waals surface area contributed by atoms with E-state index in [2.05, 4.69) is 28.8 Å². The average Bonchev–Trinajstić information content (AvgIpc) is 2.81. The summed E-state index contributed by atoms with van der Waals surface area (Å²) in [6, 6.07) is 6.54. The zero-order valence-electron chi connectivity index (χ0n) is 12.5. The normalized spacial score (nSPS) is 10.9. The monoisotopic (exact) mass is 313 g/mol. The number of nitrogens with one attached hydrogen (secondary N) is 1. The Bertz CT molecular complexity index is 837. The van der Waals surface area contributed by atoms with Gasteiger partial charge >= 0.3 is 0 Å². The molecule has 2 aromatic heterocycles. The lowest BCUT2D eigenvalue weighted by Gasteiger charge is -2.08. The van der Waals surface area contributed by atoms with E-state index in [4.69, 9.17) is 0 Å². The van der Waals surface area contributed by atoms with E-state index in [1.807, 2.05) is 6.92 Å². The molecule has 0 fully saturated rings. The SMILES string of the molecule is C=CCNc1nc(C)nc2sc(C)c(-c3ccc(F)cc3)c12. The Balaban J connectivity index is 2.26. The molecular formula is C17H16FN3S. The van der Waals surface area contributed by atoms with Crippen LogP contribution in [0.1, 0.15) is 10.7 Å². The first kappa shape index (κ1) is 14.7. The van der Waals surface area contributed by atoms with E-state index in [1.54, 1.807) is 29.5 Å². The first-order valence-electron chi connectivity index (χ1n) is 6.98. The molecule has 3 rings (SSSR count).